The van der Waals surface area contributed by atoms with Crippen molar-refractivity contribution >= 4 is 17.9 Å². The van der Waals surface area contributed by atoms with Gasteiger partial charge in [-0.1, -0.05) is 5.16 Å². The van der Waals surface area contributed by atoms with Crippen molar-refractivity contribution in [3.63, 3.8) is 0 Å². The highest BCUT2D eigenvalue weighted by atomic mass is 19.4. The first kappa shape index (κ1) is 24.2. The number of rotatable bonds is 8. The number of nitrogens with two attached hydrogens (primary N) is 1. The molecule has 1 unspecified atom stereocenters. The number of carbonyl (C=O) groups is 2. The molecule has 11 nitrogen and oxygen atoms in total. The van der Waals surface area contributed by atoms with E-state index in [9.17, 15) is 22.8 Å². The van der Waals surface area contributed by atoms with Gasteiger partial charge in [0.15, 0.2) is 5.69 Å². The van der Waals surface area contributed by atoms with Gasteiger partial charge in [0.25, 0.3) is 5.91 Å². The number of likely N-dealkylation sites (N-methyl/N-ethyl adjacent to an activating group) is 1. The van der Waals surface area contributed by atoms with Gasteiger partial charge in [-0.2, -0.15) is 13.2 Å². The lowest BCUT2D eigenvalue weighted by Crippen LogP contribution is -2.73. The minimum atomic E-state index is -4.59. The molecular weight excluding hydrogens is 447 g/mol. The number of carbonyl (C=O) groups excluding carboxylic acids is 2. The van der Waals surface area contributed by atoms with Crippen LogP contribution in [0.2, 0.25) is 0 Å². The van der Waals surface area contributed by atoms with Gasteiger partial charge in [-0.05, 0) is 20.2 Å². The lowest BCUT2D eigenvalue weighted by molar-refractivity contribution is -0.141. The Hall–Kier alpha value is -3.42. The summed E-state index contributed by atoms with van der Waals surface area (Å²) in [5, 5.41) is 6.17. The van der Waals surface area contributed by atoms with Crippen LogP contribution in [0.1, 0.15) is 21.9 Å². The number of alkyl halides is 3. The minimum absolute atomic E-state index is 0.0570. The van der Waals surface area contributed by atoms with Crippen LogP contribution in [0.25, 0.3) is 0 Å². The normalized spacial score (nSPS) is 16.3. The summed E-state index contributed by atoms with van der Waals surface area (Å²) in [4.78, 5) is 34.1. The Balaban J connectivity index is 1.84. The smallest absolute Gasteiger partial charge is 0.433 e. The lowest BCUT2D eigenvalue weighted by Gasteiger charge is -2.57. The average molecular weight is 471 g/mol. The molecule has 3 rings (SSSR count). The van der Waals surface area contributed by atoms with Gasteiger partial charge in [0.05, 0.1) is 12.1 Å². The average Bonchev–Trinajstić information content (AvgIpc) is 3.18. The maximum absolute atomic E-state index is 13.0. The van der Waals surface area contributed by atoms with Crippen LogP contribution in [0.15, 0.2) is 22.9 Å². The molecule has 2 aromatic heterocycles. The first-order chi connectivity index (χ1) is 15.5. The summed E-state index contributed by atoms with van der Waals surface area (Å²) in [5.41, 5.74) is 3.56. The Morgan fingerprint density at radius 2 is 2.09 bits per heavy atom. The van der Waals surface area contributed by atoms with Crippen molar-refractivity contribution < 1.29 is 32.0 Å². The standard InChI is InChI=1S/C19H24F3N7O4/c1-24-15(30)13-7-12(33-27-13)6-11(8-32-16(23)31)18(28(2)3)9-29(10-18)17-25-5-4-14(26-17)19(20,21)22/h4-5,7,11H,6,8-10H2,1-3H3,(H2,23,31)(H,24,30). The topological polar surface area (TPSA) is 140 Å². The maximum Gasteiger partial charge on any atom is 0.433 e. The van der Waals surface area contributed by atoms with Crippen molar-refractivity contribution in [3.05, 3.63) is 35.5 Å². The van der Waals surface area contributed by atoms with Crippen molar-refractivity contribution in [2.75, 3.05) is 45.7 Å². The number of amides is 2. The maximum atomic E-state index is 13.0. The zero-order valence-electron chi connectivity index (χ0n) is 18.2. The van der Waals surface area contributed by atoms with Gasteiger partial charge in [0.2, 0.25) is 5.95 Å². The highest BCUT2D eigenvalue weighted by Gasteiger charge is 2.52. The van der Waals surface area contributed by atoms with Gasteiger partial charge >= 0.3 is 12.3 Å². The molecular formula is C19H24F3N7O4. The van der Waals surface area contributed by atoms with Crippen molar-refractivity contribution in [3.8, 4) is 0 Å². The third-order valence-corrected chi connectivity index (χ3v) is 5.69. The van der Waals surface area contributed by atoms with Gasteiger partial charge in [-0.15, -0.1) is 0 Å². The van der Waals surface area contributed by atoms with Crippen LogP contribution in [-0.2, 0) is 17.3 Å². The van der Waals surface area contributed by atoms with Gasteiger partial charge in [-0.25, -0.2) is 14.8 Å². The molecule has 0 radical (unpaired) electrons. The van der Waals surface area contributed by atoms with Gasteiger partial charge in [0, 0.05) is 44.7 Å². The Labute approximate surface area is 187 Å². The van der Waals surface area contributed by atoms with E-state index in [0.29, 0.717) is 5.76 Å². The lowest BCUT2D eigenvalue weighted by atomic mass is 9.74. The molecule has 1 aliphatic heterocycles. The second-order valence-electron chi connectivity index (χ2n) is 7.88. The second-order valence-corrected chi connectivity index (χ2v) is 7.88. The molecule has 33 heavy (non-hydrogen) atoms. The fraction of sp³-hybridized carbons (Fsp3) is 0.526. The van der Waals surface area contributed by atoms with Crippen molar-refractivity contribution in [1.82, 2.24) is 25.3 Å². The quantitative estimate of drug-likeness (QED) is 0.575. The van der Waals surface area contributed by atoms with Crippen LogP contribution in [0.4, 0.5) is 23.9 Å². The van der Waals surface area contributed by atoms with Crippen LogP contribution in [-0.4, -0.2) is 78.4 Å². The molecule has 2 aromatic rings. The number of hydrogen-bond donors (Lipinski definition) is 2. The van der Waals surface area contributed by atoms with Crippen LogP contribution >= 0.6 is 0 Å². The van der Waals surface area contributed by atoms with Crippen molar-refractivity contribution in [2.24, 2.45) is 11.7 Å². The summed E-state index contributed by atoms with van der Waals surface area (Å²) in [7, 11) is 5.07. The van der Waals surface area contributed by atoms with Crippen LogP contribution in [0.5, 0.6) is 0 Å². The number of ether oxygens (including phenoxy) is 1. The van der Waals surface area contributed by atoms with E-state index < -0.39 is 35.3 Å². The first-order valence-corrected chi connectivity index (χ1v) is 9.89. The molecule has 1 aliphatic rings. The number of hydrogen-bond acceptors (Lipinski definition) is 9. The Bertz CT molecular complexity index is 1010. The first-order valence-electron chi connectivity index (χ1n) is 9.89. The molecule has 0 aromatic carbocycles. The summed E-state index contributed by atoms with van der Waals surface area (Å²) >= 11 is 0. The van der Waals surface area contributed by atoms with E-state index >= 15 is 0 Å². The molecule has 3 heterocycles. The highest BCUT2D eigenvalue weighted by Crippen LogP contribution is 2.38. The van der Waals surface area contributed by atoms with E-state index in [-0.39, 0.29) is 37.8 Å². The SMILES string of the molecule is CNC(=O)c1cc(CC(COC(N)=O)C2(N(C)C)CN(c3nccc(C(F)(F)F)n3)C2)on1. The van der Waals surface area contributed by atoms with E-state index in [1.807, 2.05) is 4.90 Å². The highest BCUT2D eigenvalue weighted by molar-refractivity contribution is 5.91. The number of nitrogens with zero attached hydrogens (tertiary/aromatic N) is 5. The summed E-state index contributed by atoms with van der Waals surface area (Å²) in [6.07, 6.45) is -4.26. The molecule has 180 valence electrons. The number of aromatic nitrogens is 3. The van der Waals surface area contributed by atoms with Crippen LogP contribution in [0.3, 0.4) is 0 Å². The monoisotopic (exact) mass is 471 g/mol. The zero-order chi connectivity index (χ0) is 24.4. The Morgan fingerprint density at radius 3 is 2.67 bits per heavy atom. The zero-order valence-corrected chi connectivity index (χ0v) is 18.2. The van der Waals surface area contributed by atoms with Crippen LogP contribution in [0, 0.1) is 5.92 Å². The molecule has 1 saturated heterocycles. The van der Waals surface area contributed by atoms with E-state index in [1.165, 1.54) is 13.1 Å². The second kappa shape index (κ2) is 9.21. The van der Waals surface area contributed by atoms with Gasteiger partial charge < -0.3 is 30.1 Å². The fourth-order valence-electron chi connectivity index (χ4n) is 3.79. The number of anilines is 1. The molecule has 1 fully saturated rings. The molecule has 0 spiro atoms. The number of nitrogens with one attached hydrogen (secondary N) is 1. The Morgan fingerprint density at radius 1 is 1.39 bits per heavy atom. The fourth-order valence-corrected chi connectivity index (χ4v) is 3.79. The largest absolute Gasteiger partial charge is 0.449 e. The van der Waals surface area contributed by atoms with Crippen molar-refractivity contribution in [2.45, 2.75) is 18.1 Å². The van der Waals surface area contributed by atoms with E-state index in [4.69, 9.17) is 15.0 Å². The van der Waals surface area contributed by atoms with Crippen LogP contribution < -0.4 is 16.0 Å². The molecule has 2 amide bonds. The number of halogens is 3. The molecule has 0 aliphatic carbocycles. The minimum Gasteiger partial charge on any atom is -0.449 e. The van der Waals surface area contributed by atoms with Crippen molar-refractivity contribution in [1.29, 1.82) is 0 Å². The van der Waals surface area contributed by atoms with Gasteiger partial charge in [0.1, 0.15) is 11.5 Å². The Kier molecular flexibility index (Phi) is 6.76. The molecule has 1 atom stereocenters. The molecule has 0 bridgehead atoms. The molecule has 0 saturated carbocycles. The number of primary amides is 1. The van der Waals surface area contributed by atoms with Gasteiger partial charge in [-0.3, -0.25) is 4.79 Å². The predicted octanol–water partition coefficient (Wildman–Crippen LogP) is 0.918. The van der Waals surface area contributed by atoms with E-state index in [2.05, 4.69) is 20.4 Å². The molecule has 14 heteroatoms. The third kappa shape index (κ3) is 5.16. The summed E-state index contributed by atoms with van der Waals surface area (Å²) in [6, 6.07) is 2.28. The van der Waals surface area contributed by atoms with E-state index in [1.54, 1.807) is 19.0 Å². The van der Waals surface area contributed by atoms with E-state index in [0.717, 1.165) is 12.3 Å². The summed E-state index contributed by atoms with van der Waals surface area (Å²) in [5.74, 6) is -0.499. The summed E-state index contributed by atoms with van der Waals surface area (Å²) < 4.78 is 49.5. The summed E-state index contributed by atoms with van der Waals surface area (Å²) in [6.45, 7) is 0.426. The molecule has 3 N–H and O–H groups in total. The predicted molar refractivity (Wildman–Crippen MR) is 108 cm³/mol. The third-order valence-electron chi connectivity index (χ3n) is 5.69.